The van der Waals surface area contributed by atoms with Crippen LogP contribution in [-0.2, 0) is 11.0 Å². The summed E-state index contributed by atoms with van der Waals surface area (Å²) in [6.45, 7) is 0. The van der Waals surface area contributed by atoms with Gasteiger partial charge in [-0.05, 0) is 18.4 Å². The first-order valence-corrected chi connectivity index (χ1v) is 8.99. The number of benzene rings is 1. The maximum absolute atomic E-state index is 12.6. The Bertz CT molecular complexity index is 955. The second-order valence-corrected chi connectivity index (χ2v) is 7.02. The van der Waals surface area contributed by atoms with Gasteiger partial charge >= 0.3 is 12.1 Å². The smallest absolute Gasteiger partial charge is 0.329 e. The molecule has 3 aromatic rings. The highest BCUT2D eigenvalue weighted by Gasteiger charge is 2.39. The van der Waals surface area contributed by atoms with E-state index in [1.807, 2.05) is 30.3 Å². The Morgan fingerprint density at radius 2 is 2.00 bits per heavy atom. The van der Waals surface area contributed by atoms with Gasteiger partial charge in [0.25, 0.3) is 0 Å². The quantitative estimate of drug-likeness (QED) is 0.655. The number of thiazole rings is 1. The van der Waals surface area contributed by atoms with E-state index in [0.29, 0.717) is 16.4 Å². The fourth-order valence-corrected chi connectivity index (χ4v) is 3.93. The van der Waals surface area contributed by atoms with E-state index >= 15 is 0 Å². The number of alkyl halides is 3. The number of amides is 1. The fraction of sp³-hybridized carbons (Fsp3) is 0.294. The Morgan fingerprint density at radius 1 is 1.22 bits per heavy atom. The molecule has 1 unspecified atom stereocenters. The van der Waals surface area contributed by atoms with Crippen molar-refractivity contribution in [1.29, 1.82) is 0 Å². The summed E-state index contributed by atoms with van der Waals surface area (Å²) in [5.41, 5.74) is 0.987. The number of nitrogens with zero attached hydrogens (tertiary/aromatic N) is 4. The van der Waals surface area contributed by atoms with Crippen LogP contribution in [0.1, 0.15) is 36.8 Å². The third-order valence-electron chi connectivity index (χ3n) is 4.22. The molecular weight excluding hydrogens is 381 g/mol. The topological polar surface area (TPSA) is 72.1 Å². The maximum atomic E-state index is 12.6. The monoisotopic (exact) mass is 394 g/mol. The molecule has 0 N–H and O–H groups in total. The Morgan fingerprint density at radius 3 is 2.70 bits per heavy atom. The van der Waals surface area contributed by atoms with Gasteiger partial charge in [0.15, 0.2) is 5.13 Å². The van der Waals surface area contributed by atoms with E-state index < -0.39 is 12.1 Å². The summed E-state index contributed by atoms with van der Waals surface area (Å²) in [6, 6.07) is 9.42. The van der Waals surface area contributed by atoms with Gasteiger partial charge in [-0.25, -0.2) is 4.98 Å². The lowest BCUT2D eigenvalue weighted by atomic mass is 9.95. The molecule has 4 rings (SSSR count). The number of carbonyl (C=O) groups is 1. The molecule has 1 atom stereocenters. The Labute approximate surface area is 155 Å². The van der Waals surface area contributed by atoms with E-state index in [1.165, 1.54) is 6.20 Å². The van der Waals surface area contributed by atoms with Crippen molar-refractivity contribution in [3.8, 4) is 10.7 Å². The first kappa shape index (κ1) is 17.7. The van der Waals surface area contributed by atoms with Crippen LogP contribution in [0.2, 0.25) is 0 Å². The Balaban J connectivity index is 1.66. The van der Waals surface area contributed by atoms with Crippen LogP contribution < -0.4 is 4.90 Å². The minimum Gasteiger partial charge on any atom is -0.329 e. The predicted octanol–water partition coefficient (Wildman–Crippen LogP) is 4.47. The van der Waals surface area contributed by atoms with Crippen molar-refractivity contribution >= 4 is 22.4 Å². The molecule has 1 aliphatic heterocycles. The van der Waals surface area contributed by atoms with E-state index in [1.54, 1.807) is 4.90 Å². The molecular formula is C17H13F3N4O2S. The number of rotatable bonds is 3. The molecule has 1 fully saturated rings. The summed E-state index contributed by atoms with van der Waals surface area (Å²) in [7, 11) is 0. The summed E-state index contributed by atoms with van der Waals surface area (Å²) < 4.78 is 42.2. The van der Waals surface area contributed by atoms with Gasteiger partial charge in [-0.3, -0.25) is 9.69 Å². The van der Waals surface area contributed by atoms with Gasteiger partial charge in [-0.1, -0.05) is 46.8 Å². The van der Waals surface area contributed by atoms with Crippen LogP contribution in [-0.4, -0.2) is 21.0 Å². The molecule has 6 nitrogen and oxygen atoms in total. The van der Waals surface area contributed by atoms with Crippen LogP contribution in [0.3, 0.4) is 0 Å². The zero-order valence-electron chi connectivity index (χ0n) is 13.8. The lowest BCUT2D eigenvalue weighted by molar-refractivity contribution is -0.159. The first-order valence-electron chi connectivity index (χ1n) is 8.17. The number of hydrogen-bond acceptors (Lipinski definition) is 6. The normalized spacial score (nSPS) is 18.1. The number of piperidine rings is 1. The van der Waals surface area contributed by atoms with Crippen LogP contribution in [0.25, 0.3) is 10.7 Å². The summed E-state index contributed by atoms with van der Waals surface area (Å²) >= 11 is 1.06. The minimum absolute atomic E-state index is 0.0694. The van der Waals surface area contributed by atoms with Crippen molar-refractivity contribution in [2.45, 2.75) is 31.5 Å². The molecule has 1 aliphatic rings. The number of halogens is 3. The average Bonchev–Trinajstić information content (AvgIpc) is 3.31. The van der Waals surface area contributed by atoms with Gasteiger partial charge in [0.05, 0.1) is 17.1 Å². The molecule has 1 aromatic carbocycles. The average molecular weight is 394 g/mol. The molecule has 1 saturated heterocycles. The van der Waals surface area contributed by atoms with Gasteiger partial charge in [0.1, 0.15) is 0 Å². The van der Waals surface area contributed by atoms with Crippen LogP contribution in [0, 0.1) is 0 Å². The van der Waals surface area contributed by atoms with Gasteiger partial charge < -0.3 is 4.52 Å². The van der Waals surface area contributed by atoms with Crippen molar-refractivity contribution in [2.24, 2.45) is 0 Å². The van der Waals surface area contributed by atoms with E-state index in [9.17, 15) is 18.0 Å². The summed E-state index contributed by atoms with van der Waals surface area (Å²) in [5, 5.41) is 3.77. The third kappa shape index (κ3) is 3.44. The van der Waals surface area contributed by atoms with Gasteiger partial charge in [-0.2, -0.15) is 18.2 Å². The molecule has 0 saturated carbocycles. The van der Waals surface area contributed by atoms with E-state index in [4.69, 9.17) is 0 Å². The summed E-state index contributed by atoms with van der Waals surface area (Å²) in [5.74, 6) is -1.68. The molecule has 0 aliphatic carbocycles. The molecule has 2 aromatic heterocycles. The molecule has 0 spiro atoms. The fourth-order valence-electron chi connectivity index (χ4n) is 3.02. The van der Waals surface area contributed by atoms with E-state index in [2.05, 4.69) is 19.6 Å². The maximum Gasteiger partial charge on any atom is 0.471 e. The van der Waals surface area contributed by atoms with Crippen LogP contribution in [0.15, 0.2) is 41.1 Å². The van der Waals surface area contributed by atoms with Crippen molar-refractivity contribution in [2.75, 3.05) is 4.90 Å². The van der Waals surface area contributed by atoms with Crippen LogP contribution >= 0.6 is 11.3 Å². The Hall–Kier alpha value is -2.75. The largest absolute Gasteiger partial charge is 0.471 e. The molecule has 140 valence electrons. The molecule has 3 heterocycles. The van der Waals surface area contributed by atoms with Crippen molar-refractivity contribution < 1.29 is 22.5 Å². The van der Waals surface area contributed by atoms with Gasteiger partial charge in [0, 0.05) is 6.42 Å². The highest BCUT2D eigenvalue weighted by molar-refractivity contribution is 7.19. The highest BCUT2D eigenvalue weighted by Crippen LogP contribution is 2.39. The highest BCUT2D eigenvalue weighted by atomic mass is 32.1. The van der Waals surface area contributed by atoms with Gasteiger partial charge in [0.2, 0.25) is 11.7 Å². The van der Waals surface area contributed by atoms with E-state index in [0.717, 1.165) is 29.7 Å². The summed E-state index contributed by atoms with van der Waals surface area (Å²) in [6.07, 6.45) is -1.40. The SMILES string of the molecule is O=C1CCCC(c2ccccc2)N1c1ncc(-c2noc(C(F)(F)F)n2)s1. The second-order valence-electron chi connectivity index (χ2n) is 6.01. The first-order chi connectivity index (χ1) is 12.9. The zero-order chi connectivity index (χ0) is 19.0. The van der Waals surface area contributed by atoms with Gasteiger partial charge in [-0.15, -0.1) is 0 Å². The predicted molar refractivity (Wildman–Crippen MR) is 90.9 cm³/mol. The third-order valence-corrected chi connectivity index (χ3v) is 5.21. The van der Waals surface area contributed by atoms with Crippen molar-refractivity contribution in [3.05, 3.63) is 48.0 Å². The van der Waals surface area contributed by atoms with E-state index in [-0.39, 0.29) is 17.8 Å². The molecule has 10 heteroatoms. The van der Waals surface area contributed by atoms with Crippen LogP contribution in [0.4, 0.5) is 18.3 Å². The number of carbonyl (C=O) groups excluding carboxylic acids is 1. The lowest BCUT2D eigenvalue weighted by Crippen LogP contribution is -2.38. The number of anilines is 1. The zero-order valence-corrected chi connectivity index (χ0v) is 14.6. The van der Waals surface area contributed by atoms with Crippen molar-refractivity contribution in [1.82, 2.24) is 15.1 Å². The van der Waals surface area contributed by atoms with Crippen LogP contribution in [0.5, 0.6) is 0 Å². The molecule has 0 bridgehead atoms. The number of aromatic nitrogens is 3. The number of hydrogen-bond donors (Lipinski definition) is 0. The molecule has 0 radical (unpaired) electrons. The van der Waals surface area contributed by atoms with Crippen molar-refractivity contribution in [3.63, 3.8) is 0 Å². The second kappa shape index (κ2) is 6.76. The molecule has 1 amide bonds. The minimum atomic E-state index is -4.71. The lowest BCUT2D eigenvalue weighted by Gasteiger charge is -2.34. The standard InChI is InChI=1S/C17H13F3N4O2S/c18-17(19,20)15-22-14(23-26-15)12-9-21-16(27-12)24-11(7-4-8-13(24)25)10-5-2-1-3-6-10/h1-3,5-6,9,11H,4,7-8H2. The summed E-state index contributed by atoms with van der Waals surface area (Å²) in [4.78, 5) is 22.1. The Kier molecular flexibility index (Phi) is 4.42. The molecule has 27 heavy (non-hydrogen) atoms.